The summed E-state index contributed by atoms with van der Waals surface area (Å²) in [6.45, 7) is 6.30. The number of hydrogen-bond donors (Lipinski definition) is 2. The second-order valence-corrected chi connectivity index (χ2v) is 8.41. The highest BCUT2D eigenvalue weighted by Gasteiger charge is 2.46. The highest BCUT2D eigenvalue weighted by molar-refractivity contribution is 7.84. The van der Waals surface area contributed by atoms with Gasteiger partial charge in [-0.05, 0) is 32.2 Å². The Labute approximate surface area is 118 Å². The molecular weight excluding hydrogens is 286 g/mol. The van der Waals surface area contributed by atoms with Crippen molar-refractivity contribution in [3.63, 3.8) is 0 Å². The summed E-state index contributed by atoms with van der Waals surface area (Å²) in [5.74, 6) is -0.967. The minimum absolute atomic E-state index is 0.256. The number of aromatic carboxylic acids is 1. The van der Waals surface area contributed by atoms with E-state index in [4.69, 9.17) is 4.74 Å². The largest absolute Gasteiger partial charge is 0.478 e. The highest BCUT2D eigenvalue weighted by Crippen LogP contribution is 2.37. The number of ether oxygens (including phenoxy) is 1. The summed E-state index contributed by atoms with van der Waals surface area (Å²) in [7, 11) is -1.28. The summed E-state index contributed by atoms with van der Waals surface area (Å²) in [6.07, 6.45) is 0. The molecule has 0 saturated carbocycles. The molecule has 2 rings (SSSR count). The van der Waals surface area contributed by atoms with E-state index in [1.54, 1.807) is 11.4 Å². The van der Waals surface area contributed by atoms with Crippen LogP contribution >= 0.6 is 11.3 Å². The van der Waals surface area contributed by atoms with Crippen LogP contribution in [-0.2, 0) is 21.3 Å². The van der Waals surface area contributed by atoms with E-state index in [1.165, 1.54) is 11.3 Å². The van der Waals surface area contributed by atoms with Gasteiger partial charge in [0, 0.05) is 4.88 Å². The fourth-order valence-corrected chi connectivity index (χ4v) is 3.68. The van der Waals surface area contributed by atoms with Gasteiger partial charge in [0.25, 0.3) is 0 Å². The molecule has 1 aromatic rings. The van der Waals surface area contributed by atoms with Crippen molar-refractivity contribution < 1.29 is 18.8 Å². The topological polar surface area (TPSA) is 75.6 Å². The Kier molecular flexibility index (Phi) is 3.83. The minimum Gasteiger partial charge on any atom is -0.478 e. The molecule has 5 nitrogen and oxygen atoms in total. The van der Waals surface area contributed by atoms with Gasteiger partial charge in [0.15, 0.2) is 0 Å². The van der Waals surface area contributed by atoms with Gasteiger partial charge in [-0.3, -0.25) is 0 Å². The van der Waals surface area contributed by atoms with Gasteiger partial charge in [-0.2, -0.15) is 0 Å². The Morgan fingerprint density at radius 3 is 2.58 bits per heavy atom. The lowest BCUT2D eigenvalue weighted by atomic mass is 9.94. The second kappa shape index (κ2) is 4.97. The van der Waals surface area contributed by atoms with Crippen molar-refractivity contribution >= 4 is 28.3 Å². The quantitative estimate of drug-likeness (QED) is 0.888. The number of carboxylic acid groups (broad SMARTS) is 1. The van der Waals surface area contributed by atoms with Crippen LogP contribution in [0, 0.1) is 0 Å². The molecule has 1 atom stereocenters. The summed E-state index contributed by atoms with van der Waals surface area (Å²) in [6, 6.07) is 1.57. The number of nitrogens with one attached hydrogen (secondary N) is 1. The third-order valence-electron chi connectivity index (χ3n) is 2.87. The lowest BCUT2D eigenvalue weighted by Crippen LogP contribution is -2.60. The third kappa shape index (κ3) is 2.74. The number of thiophene rings is 1. The Morgan fingerprint density at radius 2 is 2.16 bits per heavy atom. The third-order valence-corrected chi connectivity index (χ3v) is 5.68. The van der Waals surface area contributed by atoms with E-state index >= 15 is 0 Å². The molecule has 1 unspecified atom stereocenters. The molecule has 0 spiro atoms. The highest BCUT2D eigenvalue weighted by atomic mass is 32.2. The van der Waals surface area contributed by atoms with Gasteiger partial charge in [0.1, 0.15) is 5.54 Å². The Bertz CT molecular complexity index is 514. The molecule has 0 aliphatic carbocycles. The fraction of sp³-hybridized carbons (Fsp3) is 0.583. The van der Waals surface area contributed by atoms with Crippen LogP contribution in [0.5, 0.6) is 0 Å². The number of carbonyl (C=O) groups is 1. The standard InChI is InChI=1S/C12H17NO4S2/c1-11(2,3)19(16)13-12(6-17-7-12)9-8(10(14)15)4-5-18-9/h4-5,13H,6-7H2,1-3H3,(H,14,15). The lowest BCUT2D eigenvalue weighted by molar-refractivity contribution is -0.0644. The van der Waals surface area contributed by atoms with Crippen LogP contribution in [0.4, 0.5) is 0 Å². The SMILES string of the molecule is CC(C)(C)S(=O)NC1(c2sccc2C(=O)O)COC1. The predicted octanol–water partition coefficient (Wildman–Crippen LogP) is 1.72. The molecule has 1 fully saturated rings. The maximum absolute atomic E-state index is 12.3. The normalized spacial score (nSPS) is 19.7. The van der Waals surface area contributed by atoms with E-state index < -0.39 is 27.2 Å². The monoisotopic (exact) mass is 303 g/mol. The van der Waals surface area contributed by atoms with Gasteiger partial charge in [0.2, 0.25) is 0 Å². The van der Waals surface area contributed by atoms with Gasteiger partial charge in [-0.1, -0.05) is 0 Å². The zero-order chi connectivity index (χ0) is 14.3. The van der Waals surface area contributed by atoms with Crippen molar-refractivity contribution in [3.8, 4) is 0 Å². The maximum Gasteiger partial charge on any atom is 0.336 e. The first-order chi connectivity index (χ1) is 8.76. The summed E-state index contributed by atoms with van der Waals surface area (Å²) in [4.78, 5) is 11.9. The van der Waals surface area contributed by atoms with Gasteiger partial charge >= 0.3 is 5.97 Å². The van der Waals surface area contributed by atoms with Crippen LogP contribution in [0.1, 0.15) is 36.0 Å². The molecule has 2 N–H and O–H groups in total. The molecule has 1 aliphatic rings. The number of carboxylic acids is 1. The van der Waals surface area contributed by atoms with E-state index in [-0.39, 0.29) is 5.56 Å². The Morgan fingerprint density at radius 1 is 1.53 bits per heavy atom. The summed E-state index contributed by atoms with van der Waals surface area (Å²) in [5.41, 5.74) is -0.383. The van der Waals surface area contributed by atoms with E-state index in [9.17, 15) is 14.1 Å². The van der Waals surface area contributed by atoms with Crippen LogP contribution in [0.2, 0.25) is 0 Å². The average Bonchev–Trinajstić information content (AvgIpc) is 2.70. The predicted molar refractivity (Wildman–Crippen MR) is 74.8 cm³/mol. The molecule has 0 radical (unpaired) electrons. The van der Waals surface area contributed by atoms with Crippen molar-refractivity contribution in [2.24, 2.45) is 0 Å². The lowest BCUT2D eigenvalue weighted by Gasteiger charge is -2.42. The van der Waals surface area contributed by atoms with E-state index in [0.717, 1.165) is 0 Å². The Balaban J connectivity index is 2.31. The molecular formula is C12H17NO4S2. The van der Waals surface area contributed by atoms with Gasteiger partial charge in [0.05, 0.1) is 34.5 Å². The average molecular weight is 303 g/mol. The molecule has 0 bridgehead atoms. The Hall–Kier alpha value is -0.760. The summed E-state index contributed by atoms with van der Waals surface area (Å²) in [5, 5.41) is 10.9. The van der Waals surface area contributed by atoms with Gasteiger partial charge in [-0.15, -0.1) is 11.3 Å². The van der Waals surface area contributed by atoms with Crippen molar-refractivity contribution in [1.29, 1.82) is 0 Å². The first-order valence-corrected chi connectivity index (χ1v) is 7.88. The first-order valence-electron chi connectivity index (χ1n) is 5.85. The number of rotatable bonds is 4. The molecule has 106 valence electrons. The van der Waals surface area contributed by atoms with Gasteiger partial charge in [-0.25, -0.2) is 13.7 Å². The fourth-order valence-electron chi connectivity index (χ4n) is 1.72. The first kappa shape index (κ1) is 14.6. The zero-order valence-electron chi connectivity index (χ0n) is 11.1. The van der Waals surface area contributed by atoms with Crippen molar-refractivity contribution in [1.82, 2.24) is 4.72 Å². The summed E-state index contributed by atoms with van der Waals surface area (Å²) < 4.78 is 20.1. The van der Waals surface area contributed by atoms with Crippen LogP contribution < -0.4 is 4.72 Å². The zero-order valence-corrected chi connectivity index (χ0v) is 12.7. The molecule has 0 amide bonds. The van der Waals surface area contributed by atoms with Crippen LogP contribution in [0.3, 0.4) is 0 Å². The molecule has 1 aliphatic heterocycles. The molecule has 1 aromatic heterocycles. The van der Waals surface area contributed by atoms with Crippen molar-refractivity contribution in [3.05, 3.63) is 21.9 Å². The molecule has 19 heavy (non-hydrogen) atoms. The van der Waals surface area contributed by atoms with E-state index in [0.29, 0.717) is 18.1 Å². The van der Waals surface area contributed by atoms with Crippen LogP contribution in [0.25, 0.3) is 0 Å². The molecule has 1 saturated heterocycles. The second-order valence-electron chi connectivity index (χ2n) is 5.53. The van der Waals surface area contributed by atoms with Crippen molar-refractivity contribution in [2.75, 3.05) is 13.2 Å². The number of hydrogen-bond acceptors (Lipinski definition) is 4. The summed E-state index contributed by atoms with van der Waals surface area (Å²) >= 11 is 1.36. The smallest absolute Gasteiger partial charge is 0.336 e. The van der Waals surface area contributed by atoms with E-state index in [2.05, 4.69) is 4.72 Å². The van der Waals surface area contributed by atoms with Gasteiger partial charge < -0.3 is 9.84 Å². The van der Waals surface area contributed by atoms with Crippen molar-refractivity contribution in [2.45, 2.75) is 31.1 Å². The van der Waals surface area contributed by atoms with Crippen LogP contribution in [-0.4, -0.2) is 33.2 Å². The molecule has 7 heteroatoms. The van der Waals surface area contributed by atoms with E-state index in [1.807, 2.05) is 20.8 Å². The molecule has 2 heterocycles. The van der Waals surface area contributed by atoms with Crippen LogP contribution in [0.15, 0.2) is 11.4 Å². The minimum atomic E-state index is -1.28. The maximum atomic E-state index is 12.3. The molecule has 0 aromatic carbocycles.